The van der Waals surface area contributed by atoms with Crippen molar-refractivity contribution in [2.24, 2.45) is 0 Å². The molecule has 0 saturated carbocycles. The average molecular weight is 299 g/mol. The van der Waals surface area contributed by atoms with Gasteiger partial charge in [0, 0.05) is 17.5 Å². The minimum absolute atomic E-state index is 0.382. The van der Waals surface area contributed by atoms with Crippen molar-refractivity contribution in [2.45, 2.75) is 24.0 Å². The van der Waals surface area contributed by atoms with Gasteiger partial charge in [-0.3, -0.25) is 0 Å². The molecule has 20 heavy (non-hydrogen) atoms. The van der Waals surface area contributed by atoms with Gasteiger partial charge < -0.3 is 5.73 Å². The van der Waals surface area contributed by atoms with Crippen LogP contribution in [0.25, 0.3) is 0 Å². The number of halogens is 3. The Morgan fingerprint density at radius 3 is 2.35 bits per heavy atom. The molecule has 0 aliphatic rings. The minimum atomic E-state index is -4.31. The molecule has 0 aliphatic heterocycles. The van der Waals surface area contributed by atoms with Crippen LogP contribution in [-0.2, 0) is 11.9 Å². The van der Waals surface area contributed by atoms with Gasteiger partial charge in [0.1, 0.15) is 5.82 Å². The van der Waals surface area contributed by atoms with E-state index in [-0.39, 0.29) is 0 Å². The Hall–Kier alpha value is -1.76. The largest absolute Gasteiger partial charge is 0.416 e. The van der Waals surface area contributed by atoms with E-state index in [1.54, 1.807) is 13.0 Å². The summed E-state index contributed by atoms with van der Waals surface area (Å²) in [6.45, 7) is 1.81. The van der Waals surface area contributed by atoms with Crippen molar-refractivity contribution < 1.29 is 13.2 Å². The molecule has 0 unspecified atom stereocenters. The molecule has 0 atom stereocenters. The van der Waals surface area contributed by atoms with Gasteiger partial charge in [-0.25, -0.2) is 9.97 Å². The zero-order valence-electron chi connectivity index (χ0n) is 10.6. The SMILES string of the molecule is Cc1cc(N)nc(SCc2ccc(C(F)(F)F)cc2)n1. The number of rotatable bonds is 3. The summed E-state index contributed by atoms with van der Waals surface area (Å²) >= 11 is 1.33. The maximum atomic E-state index is 12.4. The molecule has 106 valence electrons. The second-order valence-corrected chi connectivity index (χ2v) is 5.14. The quantitative estimate of drug-likeness (QED) is 0.694. The summed E-state index contributed by atoms with van der Waals surface area (Å²) < 4.78 is 37.3. The van der Waals surface area contributed by atoms with Crippen LogP contribution in [0.2, 0.25) is 0 Å². The molecule has 0 radical (unpaired) electrons. The molecule has 1 heterocycles. The van der Waals surface area contributed by atoms with Crippen molar-refractivity contribution in [3.63, 3.8) is 0 Å². The predicted octanol–water partition coefficient (Wildman–Crippen LogP) is 3.68. The van der Waals surface area contributed by atoms with Crippen molar-refractivity contribution >= 4 is 17.6 Å². The van der Waals surface area contributed by atoms with Crippen LogP contribution in [0.1, 0.15) is 16.8 Å². The van der Waals surface area contributed by atoms with Gasteiger partial charge in [-0.05, 0) is 24.6 Å². The first-order valence-corrected chi connectivity index (χ1v) is 6.73. The molecule has 2 aromatic rings. The van der Waals surface area contributed by atoms with E-state index in [4.69, 9.17) is 5.73 Å². The Labute approximate surface area is 118 Å². The number of hydrogen-bond acceptors (Lipinski definition) is 4. The van der Waals surface area contributed by atoms with E-state index in [1.807, 2.05) is 0 Å². The third-order valence-corrected chi connectivity index (χ3v) is 3.42. The highest BCUT2D eigenvalue weighted by Crippen LogP contribution is 2.30. The number of anilines is 1. The normalized spacial score (nSPS) is 11.6. The first-order valence-electron chi connectivity index (χ1n) is 5.75. The molecule has 2 rings (SSSR count). The van der Waals surface area contributed by atoms with Crippen molar-refractivity contribution in [2.75, 3.05) is 5.73 Å². The highest BCUT2D eigenvalue weighted by molar-refractivity contribution is 7.98. The smallest absolute Gasteiger partial charge is 0.384 e. The van der Waals surface area contributed by atoms with Crippen LogP contribution in [0, 0.1) is 6.92 Å². The second-order valence-electron chi connectivity index (χ2n) is 4.20. The molecule has 0 amide bonds. The zero-order valence-corrected chi connectivity index (χ0v) is 11.4. The lowest BCUT2D eigenvalue weighted by molar-refractivity contribution is -0.137. The zero-order chi connectivity index (χ0) is 14.8. The van der Waals surface area contributed by atoms with E-state index in [0.29, 0.717) is 16.7 Å². The summed E-state index contributed by atoms with van der Waals surface area (Å²) in [5, 5.41) is 0.516. The maximum Gasteiger partial charge on any atom is 0.416 e. The summed E-state index contributed by atoms with van der Waals surface area (Å²) in [5.74, 6) is 0.869. The van der Waals surface area contributed by atoms with Crippen LogP contribution < -0.4 is 5.73 Å². The Morgan fingerprint density at radius 2 is 1.80 bits per heavy atom. The van der Waals surface area contributed by atoms with E-state index >= 15 is 0 Å². The van der Waals surface area contributed by atoms with Crippen LogP contribution in [0.15, 0.2) is 35.5 Å². The minimum Gasteiger partial charge on any atom is -0.384 e. The number of aryl methyl sites for hydroxylation is 1. The van der Waals surface area contributed by atoms with Gasteiger partial charge in [-0.2, -0.15) is 13.2 Å². The molecule has 2 N–H and O–H groups in total. The highest BCUT2D eigenvalue weighted by Gasteiger charge is 2.29. The van der Waals surface area contributed by atoms with Crippen molar-refractivity contribution in [3.8, 4) is 0 Å². The molecule has 0 spiro atoms. The summed E-state index contributed by atoms with van der Waals surface area (Å²) in [6, 6.07) is 6.70. The van der Waals surface area contributed by atoms with Gasteiger partial charge in [-0.15, -0.1) is 0 Å². The number of nitrogen functional groups attached to an aromatic ring is 1. The molecule has 1 aromatic heterocycles. The molecule has 7 heteroatoms. The summed E-state index contributed by atoms with van der Waals surface area (Å²) in [7, 11) is 0. The average Bonchev–Trinajstić information content (AvgIpc) is 2.35. The molecule has 1 aromatic carbocycles. The summed E-state index contributed by atoms with van der Waals surface area (Å²) in [5.41, 5.74) is 6.48. The number of nitrogens with two attached hydrogens (primary N) is 1. The Bertz CT molecular complexity index is 577. The first-order chi connectivity index (χ1) is 9.34. The first kappa shape index (κ1) is 14.6. The third kappa shape index (κ3) is 3.86. The summed E-state index contributed by atoms with van der Waals surface area (Å²) in [6.07, 6.45) is -4.31. The van der Waals surface area contributed by atoms with Crippen LogP contribution in [0.3, 0.4) is 0 Å². The van der Waals surface area contributed by atoms with Crippen molar-refractivity contribution in [1.29, 1.82) is 0 Å². The van der Waals surface area contributed by atoms with Crippen molar-refractivity contribution in [1.82, 2.24) is 9.97 Å². The second kappa shape index (κ2) is 5.70. The van der Waals surface area contributed by atoms with Crippen LogP contribution in [0.4, 0.5) is 19.0 Å². The highest BCUT2D eigenvalue weighted by atomic mass is 32.2. The third-order valence-electron chi connectivity index (χ3n) is 2.50. The van der Waals surface area contributed by atoms with Gasteiger partial charge >= 0.3 is 6.18 Å². The van der Waals surface area contributed by atoms with E-state index in [0.717, 1.165) is 23.4 Å². The van der Waals surface area contributed by atoms with Gasteiger partial charge in [0.05, 0.1) is 5.56 Å². The van der Waals surface area contributed by atoms with E-state index in [9.17, 15) is 13.2 Å². The number of hydrogen-bond donors (Lipinski definition) is 1. The number of alkyl halides is 3. The molecular weight excluding hydrogens is 287 g/mol. The van der Waals surface area contributed by atoms with Crippen LogP contribution >= 0.6 is 11.8 Å². The van der Waals surface area contributed by atoms with Gasteiger partial charge in [0.2, 0.25) is 0 Å². The number of thioether (sulfide) groups is 1. The predicted molar refractivity (Wildman–Crippen MR) is 72.2 cm³/mol. The molecule has 0 fully saturated rings. The Balaban J connectivity index is 2.04. The molecule has 0 aliphatic carbocycles. The lowest BCUT2D eigenvalue weighted by Crippen LogP contribution is -2.04. The number of benzene rings is 1. The molecule has 0 saturated heterocycles. The molecular formula is C13H12F3N3S. The fourth-order valence-electron chi connectivity index (χ4n) is 1.57. The van der Waals surface area contributed by atoms with Crippen LogP contribution in [0.5, 0.6) is 0 Å². The van der Waals surface area contributed by atoms with E-state index < -0.39 is 11.7 Å². The van der Waals surface area contributed by atoms with Gasteiger partial charge in [0.25, 0.3) is 0 Å². The fraction of sp³-hybridized carbons (Fsp3) is 0.231. The van der Waals surface area contributed by atoms with Crippen molar-refractivity contribution in [3.05, 3.63) is 47.2 Å². The van der Waals surface area contributed by atoms with Gasteiger partial charge in [-0.1, -0.05) is 23.9 Å². The number of nitrogens with zero attached hydrogens (tertiary/aromatic N) is 2. The lowest BCUT2D eigenvalue weighted by Gasteiger charge is -2.07. The lowest BCUT2D eigenvalue weighted by atomic mass is 10.1. The molecule has 3 nitrogen and oxygen atoms in total. The van der Waals surface area contributed by atoms with Crippen LogP contribution in [-0.4, -0.2) is 9.97 Å². The Morgan fingerprint density at radius 1 is 1.15 bits per heavy atom. The monoisotopic (exact) mass is 299 g/mol. The standard InChI is InChI=1S/C13H12F3N3S/c1-8-6-11(17)19-12(18-8)20-7-9-2-4-10(5-3-9)13(14,15)16/h2-6H,7H2,1H3,(H2,17,18,19). The topological polar surface area (TPSA) is 51.8 Å². The maximum absolute atomic E-state index is 12.4. The van der Waals surface area contributed by atoms with E-state index in [1.165, 1.54) is 23.9 Å². The fourth-order valence-corrected chi connectivity index (χ4v) is 2.43. The van der Waals surface area contributed by atoms with Gasteiger partial charge in [0.15, 0.2) is 5.16 Å². The molecule has 0 bridgehead atoms. The summed E-state index contributed by atoms with van der Waals surface area (Å²) in [4.78, 5) is 8.25. The Kier molecular flexibility index (Phi) is 4.17. The number of aromatic nitrogens is 2. The van der Waals surface area contributed by atoms with E-state index in [2.05, 4.69) is 9.97 Å².